The molecule has 0 bridgehead atoms. The number of aromatic nitrogens is 3. The molecule has 0 unspecified atom stereocenters. The van der Waals surface area contributed by atoms with Crippen LogP contribution in [0.3, 0.4) is 0 Å². The Balaban J connectivity index is 0.00000120. The first kappa shape index (κ1) is 13.6. The summed E-state index contributed by atoms with van der Waals surface area (Å²) in [5, 5.41) is 8.33. The molecule has 6 heteroatoms. The number of nitrogens with zero attached hydrogens (tertiary/aromatic N) is 3. The summed E-state index contributed by atoms with van der Waals surface area (Å²) in [6, 6.07) is 2.20. The van der Waals surface area contributed by atoms with E-state index in [9.17, 15) is 0 Å². The topological polar surface area (TPSA) is 42.2 Å². The predicted molar refractivity (Wildman–Crippen MR) is 74.7 cm³/mol. The minimum Gasteiger partial charge on any atom is -0.312 e. The molecule has 0 radical (unpaired) electrons. The SMILES string of the molecule is CN[C@@H](C)c1cc2nc(Cl)c(C3CC3)cn2n1.Cl. The molecule has 0 spiro atoms. The van der Waals surface area contributed by atoms with Crippen LogP contribution in [-0.4, -0.2) is 21.6 Å². The van der Waals surface area contributed by atoms with Crippen molar-refractivity contribution in [2.24, 2.45) is 0 Å². The summed E-state index contributed by atoms with van der Waals surface area (Å²) in [4.78, 5) is 4.41. The zero-order chi connectivity index (χ0) is 12.0. The maximum atomic E-state index is 6.19. The van der Waals surface area contributed by atoms with Crippen LogP contribution in [0.4, 0.5) is 0 Å². The summed E-state index contributed by atoms with van der Waals surface area (Å²) in [6.07, 6.45) is 4.45. The van der Waals surface area contributed by atoms with E-state index in [0.717, 1.165) is 16.9 Å². The smallest absolute Gasteiger partial charge is 0.157 e. The molecule has 2 aromatic rings. The molecule has 0 aliphatic heterocycles. The Labute approximate surface area is 117 Å². The van der Waals surface area contributed by atoms with Crippen molar-refractivity contribution < 1.29 is 0 Å². The molecule has 1 fully saturated rings. The van der Waals surface area contributed by atoms with Gasteiger partial charge in [0, 0.05) is 23.9 Å². The second-order valence-electron chi connectivity index (χ2n) is 4.64. The summed E-state index contributed by atoms with van der Waals surface area (Å²) >= 11 is 6.19. The normalized spacial score (nSPS) is 16.6. The van der Waals surface area contributed by atoms with Gasteiger partial charge >= 0.3 is 0 Å². The lowest BCUT2D eigenvalue weighted by Crippen LogP contribution is -2.12. The molecule has 1 saturated carbocycles. The Morgan fingerprint density at radius 2 is 2.22 bits per heavy atom. The van der Waals surface area contributed by atoms with Gasteiger partial charge in [0.2, 0.25) is 0 Å². The summed E-state index contributed by atoms with van der Waals surface area (Å²) in [5.41, 5.74) is 2.94. The van der Waals surface area contributed by atoms with Gasteiger partial charge in [-0.05, 0) is 32.7 Å². The fraction of sp³-hybridized carbons (Fsp3) is 0.500. The molecule has 0 aromatic carbocycles. The van der Waals surface area contributed by atoms with E-state index in [1.165, 1.54) is 12.8 Å². The first-order valence-corrected chi connectivity index (χ1v) is 6.30. The van der Waals surface area contributed by atoms with Crippen LogP contribution >= 0.6 is 24.0 Å². The Bertz CT molecular complexity index is 562. The average molecular weight is 287 g/mol. The molecule has 1 atom stereocenters. The van der Waals surface area contributed by atoms with Crippen molar-refractivity contribution in [3.8, 4) is 0 Å². The molecule has 1 N–H and O–H groups in total. The molecular formula is C12H16Cl2N4. The van der Waals surface area contributed by atoms with Crippen molar-refractivity contribution in [2.45, 2.75) is 31.7 Å². The Morgan fingerprint density at radius 3 is 2.83 bits per heavy atom. The van der Waals surface area contributed by atoms with Crippen LogP contribution in [0.15, 0.2) is 12.3 Å². The van der Waals surface area contributed by atoms with Gasteiger partial charge in [-0.25, -0.2) is 9.50 Å². The standard InChI is InChI=1S/C12H15ClN4.ClH/c1-7(14-2)10-5-11-15-12(13)9(8-3-4-8)6-17(11)16-10;/h5-8,14H,3-4H2,1-2H3;1H/t7-;/m0./s1. The highest BCUT2D eigenvalue weighted by molar-refractivity contribution is 6.30. The average Bonchev–Trinajstić information content (AvgIpc) is 3.08. The number of fused-ring (bicyclic) bond motifs is 1. The van der Waals surface area contributed by atoms with Crippen molar-refractivity contribution in [2.75, 3.05) is 7.05 Å². The van der Waals surface area contributed by atoms with Gasteiger partial charge in [0.15, 0.2) is 5.65 Å². The highest BCUT2D eigenvalue weighted by atomic mass is 35.5. The predicted octanol–water partition coefficient (Wildman–Crippen LogP) is 2.96. The highest BCUT2D eigenvalue weighted by Gasteiger charge is 2.27. The van der Waals surface area contributed by atoms with Crippen molar-refractivity contribution >= 4 is 29.7 Å². The van der Waals surface area contributed by atoms with Gasteiger partial charge in [0.25, 0.3) is 0 Å². The largest absolute Gasteiger partial charge is 0.312 e. The van der Waals surface area contributed by atoms with Crippen LogP contribution in [0.2, 0.25) is 5.15 Å². The third-order valence-electron chi connectivity index (χ3n) is 3.34. The maximum Gasteiger partial charge on any atom is 0.157 e. The van der Waals surface area contributed by atoms with Gasteiger partial charge in [0.05, 0.1) is 5.69 Å². The minimum absolute atomic E-state index is 0. The lowest BCUT2D eigenvalue weighted by molar-refractivity contribution is 0.625. The quantitative estimate of drug-likeness (QED) is 0.882. The van der Waals surface area contributed by atoms with Gasteiger partial charge in [-0.1, -0.05) is 11.6 Å². The molecule has 3 rings (SSSR count). The molecule has 0 amide bonds. The fourth-order valence-corrected chi connectivity index (χ4v) is 2.25. The van der Waals surface area contributed by atoms with Crippen molar-refractivity contribution in [3.63, 3.8) is 0 Å². The van der Waals surface area contributed by atoms with E-state index in [1.807, 2.05) is 23.8 Å². The molecular weight excluding hydrogens is 271 g/mol. The van der Waals surface area contributed by atoms with Gasteiger partial charge in [-0.3, -0.25) is 0 Å². The van der Waals surface area contributed by atoms with E-state index in [-0.39, 0.29) is 18.4 Å². The van der Waals surface area contributed by atoms with Crippen LogP contribution in [0.5, 0.6) is 0 Å². The summed E-state index contributed by atoms with van der Waals surface area (Å²) in [5.74, 6) is 0.591. The first-order valence-electron chi connectivity index (χ1n) is 5.92. The van der Waals surface area contributed by atoms with Crippen molar-refractivity contribution in [1.29, 1.82) is 0 Å². The molecule has 2 heterocycles. The van der Waals surface area contributed by atoms with Crippen LogP contribution in [0, 0.1) is 0 Å². The molecule has 0 saturated heterocycles. The number of nitrogens with one attached hydrogen (secondary N) is 1. The second kappa shape index (κ2) is 5.03. The van der Waals surface area contributed by atoms with E-state index in [2.05, 4.69) is 22.3 Å². The summed E-state index contributed by atoms with van der Waals surface area (Å²) in [7, 11) is 1.92. The monoisotopic (exact) mass is 286 g/mol. The Morgan fingerprint density at radius 1 is 1.50 bits per heavy atom. The Kier molecular flexibility index (Phi) is 3.80. The van der Waals surface area contributed by atoms with E-state index in [4.69, 9.17) is 11.6 Å². The third kappa shape index (κ3) is 2.32. The third-order valence-corrected chi connectivity index (χ3v) is 3.64. The fourth-order valence-electron chi connectivity index (χ4n) is 1.96. The van der Waals surface area contributed by atoms with E-state index >= 15 is 0 Å². The molecule has 4 nitrogen and oxygen atoms in total. The van der Waals surface area contributed by atoms with Crippen molar-refractivity contribution in [3.05, 3.63) is 28.7 Å². The van der Waals surface area contributed by atoms with Gasteiger partial charge in [0.1, 0.15) is 5.15 Å². The molecule has 1 aliphatic carbocycles. The van der Waals surface area contributed by atoms with Gasteiger partial charge in [-0.2, -0.15) is 5.10 Å². The summed E-state index contributed by atoms with van der Waals surface area (Å²) in [6.45, 7) is 2.07. The molecule has 2 aromatic heterocycles. The zero-order valence-corrected chi connectivity index (χ0v) is 11.9. The van der Waals surface area contributed by atoms with E-state index in [1.54, 1.807) is 0 Å². The molecule has 98 valence electrons. The number of hydrogen-bond acceptors (Lipinski definition) is 3. The molecule has 1 aliphatic rings. The van der Waals surface area contributed by atoms with Crippen LogP contribution in [0.25, 0.3) is 5.65 Å². The maximum absolute atomic E-state index is 6.19. The van der Waals surface area contributed by atoms with Crippen LogP contribution in [-0.2, 0) is 0 Å². The Hall–Kier alpha value is -0.840. The second-order valence-corrected chi connectivity index (χ2v) is 5.00. The van der Waals surface area contributed by atoms with E-state index in [0.29, 0.717) is 11.1 Å². The number of rotatable bonds is 3. The lowest BCUT2D eigenvalue weighted by atomic mass is 10.2. The number of halogens is 2. The lowest BCUT2D eigenvalue weighted by Gasteiger charge is -2.04. The number of hydrogen-bond donors (Lipinski definition) is 1. The van der Waals surface area contributed by atoms with Crippen molar-refractivity contribution in [1.82, 2.24) is 19.9 Å². The molecule has 18 heavy (non-hydrogen) atoms. The first-order chi connectivity index (χ1) is 8.19. The van der Waals surface area contributed by atoms with E-state index < -0.39 is 0 Å². The van der Waals surface area contributed by atoms with Crippen LogP contribution in [0.1, 0.15) is 43.0 Å². The minimum atomic E-state index is 0. The summed E-state index contributed by atoms with van der Waals surface area (Å²) < 4.78 is 1.84. The van der Waals surface area contributed by atoms with Gasteiger partial charge in [-0.15, -0.1) is 12.4 Å². The zero-order valence-electron chi connectivity index (χ0n) is 10.4. The highest BCUT2D eigenvalue weighted by Crippen LogP contribution is 2.42. The van der Waals surface area contributed by atoms with Gasteiger partial charge < -0.3 is 5.32 Å². The van der Waals surface area contributed by atoms with Crippen LogP contribution < -0.4 is 5.32 Å².